The second kappa shape index (κ2) is 9.08. The molecule has 0 fully saturated rings. The molecule has 3 rings (SSSR count). The zero-order chi connectivity index (χ0) is 24.4. The largest absolute Gasteiger partial charge is 0.418 e. The summed E-state index contributed by atoms with van der Waals surface area (Å²) in [5.41, 5.74) is -2.58. The molecule has 1 aromatic carbocycles. The molecule has 0 spiro atoms. The highest BCUT2D eigenvalue weighted by molar-refractivity contribution is 5.94. The first-order valence-corrected chi connectivity index (χ1v) is 9.51. The van der Waals surface area contributed by atoms with E-state index in [0.29, 0.717) is 5.82 Å². The molecule has 0 radical (unpaired) electrons. The van der Waals surface area contributed by atoms with Crippen LogP contribution in [0.1, 0.15) is 38.8 Å². The SMILES string of the molecule is CN(C)c1ccc(C(=O)NC(c2ccc(C(F)(F)F)cc2)c2ncccc2C(F)(F)F)cn1. The Morgan fingerprint density at radius 3 is 2.09 bits per heavy atom. The van der Waals surface area contributed by atoms with Crippen LogP contribution in [0.3, 0.4) is 0 Å². The monoisotopic (exact) mass is 468 g/mol. The van der Waals surface area contributed by atoms with Crippen molar-refractivity contribution in [1.82, 2.24) is 15.3 Å². The van der Waals surface area contributed by atoms with Crippen LogP contribution in [0.5, 0.6) is 0 Å². The Bertz CT molecular complexity index is 1110. The van der Waals surface area contributed by atoms with Crippen molar-refractivity contribution in [3.63, 3.8) is 0 Å². The first-order chi connectivity index (χ1) is 15.4. The Morgan fingerprint density at radius 1 is 0.909 bits per heavy atom. The molecular formula is C22H18F6N4O. The first-order valence-electron chi connectivity index (χ1n) is 9.51. The molecule has 2 heterocycles. The van der Waals surface area contributed by atoms with Gasteiger partial charge in [0.15, 0.2) is 0 Å². The van der Waals surface area contributed by atoms with Gasteiger partial charge in [-0.1, -0.05) is 12.1 Å². The van der Waals surface area contributed by atoms with Crippen LogP contribution in [0.15, 0.2) is 60.9 Å². The number of nitrogens with zero attached hydrogens (tertiary/aromatic N) is 3. The third kappa shape index (κ3) is 5.60. The van der Waals surface area contributed by atoms with E-state index in [1.54, 1.807) is 25.1 Å². The molecule has 33 heavy (non-hydrogen) atoms. The molecule has 2 aromatic heterocycles. The number of benzene rings is 1. The van der Waals surface area contributed by atoms with Crippen LogP contribution < -0.4 is 10.2 Å². The quantitative estimate of drug-likeness (QED) is 0.530. The zero-order valence-electron chi connectivity index (χ0n) is 17.4. The number of alkyl halides is 6. The number of aromatic nitrogens is 2. The van der Waals surface area contributed by atoms with Crippen molar-refractivity contribution in [2.24, 2.45) is 0 Å². The summed E-state index contributed by atoms with van der Waals surface area (Å²) in [6.07, 6.45) is -7.06. The molecule has 3 aromatic rings. The second-order valence-corrected chi connectivity index (χ2v) is 7.26. The number of hydrogen-bond acceptors (Lipinski definition) is 4. The molecule has 1 amide bonds. The van der Waals surface area contributed by atoms with Gasteiger partial charge in [0.05, 0.1) is 28.4 Å². The lowest BCUT2D eigenvalue weighted by molar-refractivity contribution is -0.139. The molecular weight excluding hydrogens is 450 g/mol. The number of anilines is 1. The first kappa shape index (κ1) is 24.0. The van der Waals surface area contributed by atoms with Crippen molar-refractivity contribution in [1.29, 1.82) is 0 Å². The summed E-state index contributed by atoms with van der Waals surface area (Å²) < 4.78 is 79.7. The Morgan fingerprint density at radius 2 is 1.58 bits per heavy atom. The Balaban J connectivity index is 2.04. The van der Waals surface area contributed by atoms with E-state index >= 15 is 0 Å². The van der Waals surface area contributed by atoms with E-state index in [1.165, 1.54) is 12.3 Å². The molecule has 0 aliphatic heterocycles. The highest BCUT2D eigenvalue weighted by Crippen LogP contribution is 2.36. The maximum atomic E-state index is 13.6. The molecule has 11 heteroatoms. The van der Waals surface area contributed by atoms with Crippen LogP contribution in [-0.2, 0) is 12.4 Å². The number of carbonyl (C=O) groups excluding carboxylic acids is 1. The average molecular weight is 468 g/mol. The number of carbonyl (C=O) groups is 1. The van der Waals surface area contributed by atoms with Gasteiger partial charge < -0.3 is 10.2 Å². The number of rotatable bonds is 5. The highest BCUT2D eigenvalue weighted by Gasteiger charge is 2.37. The lowest BCUT2D eigenvalue weighted by Crippen LogP contribution is -2.32. The molecule has 5 nitrogen and oxygen atoms in total. The van der Waals surface area contributed by atoms with E-state index in [2.05, 4.69) is 15.3 Å². The van der Waals surface area contributed by atoms with E-state index in [1.807, 2.05) is 0 Å². The summed E-state index contributed by atoms with van der Waals surface area (Å²) in [5, 5.41) is 2.45. The summed E-state index contributed by atoms with van der Waals surface area (Å²) >= 11 is 0. The zero-order valence-corrected chi connectivity index (χ0v) is 17.4. The van der Waals surface area contributed by atoms with E-state index in [-0.39, 0.29) is 11.1 Å². The van der Waals surface area contributed by atoms with Gasteiger partial charge in [-0.2, -0.15) is 26.3 Å². The van der Waals surface area contributed by atoms with Crippen molar-refractivity contribution < 1.29 is 31.1 Å². The van der Waals surface area contributed by atoms with Gasteiger partial charge in [-0.3, -0.25) is 9.78 Å². The predicted octanol–water partition coefficient (Wildman–Crippen LogP) is 5.10. The summed E-state index contributed by atoms with van der Waals surface area (Å²) in [4.78, 5) is 22.4. The van der Waals surface area contributed by atoms with Crippen LogP contribution in [0, 0.1) is 0 Å². The second-order valence-electron chi connectivity index (χ2n) is 7.26. The van der Waals surface area contributed by atoms with Crippen LogP contribution in [0.2, 0.25) is 0 Å². The van der Waals surface area contributed by atoms with Gasteiger partial charge in [-0.25, -0.2) is 4.98 Å². The number of pyridine rings is 2. The standard InChI is InChI=1S/C22H18F6N4O/c1-32(2)17-10-7-14(12-30-17)20(33)31-18(13-5-8-15(9-6-13)21(23,24)25)19-16(22(26,27)28)4-3-11-29-19/h3-12,18H,1-2H3,(H,31,33). The Labute approximate surface area is 185 Å². The maximum absolute atomic E-state index is 13.6. The molecule has 0 bridgehead atoms. The molecule has 1 N–H and O–H groups in total. The van der Waals surface area contributed by atoms with Gasteiger partial charge >= 0.3 is 12.4 Å². The summed E-state index contributed by atoms with van der Waals surface area (Å²) in [6.45, 7) is 0. The van der Waals surface area contributed by atoms with E-state index in [0.717, 1.165) is 42.6 Å². The van der Waals surface area contributed by atoms with E-state index < -0.39 is 41.1 Å². The third-order valence-corrected chi connectivity index (χ3v) is 4.73. The van der Waals surface area contributed by atoms with Crippen LogP contribution in [0.4, 0.5) is 32.2 Å². The van der Waals surface area contributed by atoms with Gasteiger partial charge in [0.1, 0.15) is 5.82 Å². The van der Waals surface area contributed by atoms with Crippen LogP contribution in [0.25, 0.3) is 0 Å². The maximum Gasteiger partial charge on any atom is 0.418 e. The fourth-order valence-corrected chi connectivity index (χ4v) is 3.06. The minimum Gasteiger partial charge on any atom is -0.363 e. The minimum atomic E-state index is -4.80. The molecule has 0 saturated carbocycles. The van der Waals surface area contributed by atoms with Gasteiger partial charge in [0.2, 0.25) is 0 Å². The van der Waals surface area contributed by atoms with Crippen molar-refractivity contribution in [2.75, 3.05) is 19.0 Å². The molecule has 1 unspecified atom stereocenters. The molecule has 1 atom stereocenters. The Kier molecular flexibility index (Phi) is 6.61. The fourth-order valence-electron chi connectivity index (χ4n) is 3.06. The van der Waals surface area contributed by atoms with E-state index in [9.17, 15) is 31.1 Å². The summed E-state index contributed by atoms with van der Waals surface area (Å²) in [5.74, 6) is -0.216. The topological polar surface area (TPSA) is 58.1 Å². The third-order valence-electron chi connectivity index (χ3n) is 4.73. The normalized spacial score (nSPS) is 12.8. The van der Waals surface area contributed by atoms with E-state index in [4.69, 9.17) is 0 Å². The van der Waals surface area contributed by atoms with Gasteiger partial charge in [0, 0.05) is 26.5 Å². The van der Waals surface area contributed by atoms with Crippen molar-refractivity contribution >= 4 is 11.7 Å². The predicted molar refractivity (Wildman–Crippen MR) is 109 cm³/mol. The highest BCUT2D eigenvalue weighted by atomic mass is 19.4. The molecule has 174 valence electrons. The van der Waals surface area contributed by atoms with Crippen LogP contribution >= 0.6 is 0 Å². The van der Waals surface area contributed by atoms with Gasteiger partial charge in [0.25, 0.3) is 5.91 Å². The molecule has 0 aliphatic carbocycles. The van der Waals surface area contributed by atoms with Crippen molar-refractivity contribution in [2.45, 2.75) is 18.4 Å². The lowest BCUT2D eigenvalue weighted by Gasteiger charge is -2.23. The molecule has 0 saturated heterocycles. The fraction of sp³-hybridized carbons (Fsp3) is 0.227. The lowest BCUT2D eigenvalue weighted by atomic mass is 9.97. The number of amides is 1. The van der Waals surface area contributed by atoms with Gasteiger partial charge in [-0.05, 0) is 42.0 Å². The number of nitrogens with one attached hydrogen (secondary N) is 1. The van der Waals surface area contributed by atoms with Crippen molar-refractivity contribution in [3.8, 4) is 0 Å². The number of hydrogen-bond donors (Lipinski definition) is 1. The Hall–Kier alpha value is -3.63. The van der Waals surface area contributed by atoms with Crippen LogP contribution in [-0.4, -0.2) is 30.0 Å². The smallest absolute Gasteiger partial charge is 0.363 e. The number of halogens is 6. The minimum absolute atomic E-state index is 0.00146. The average Bonchev–Trinajstić information content (AvgIpc) is 2.76. The molecule has 0 aliphatic rings. The van der Waals surface area contributed by atoms with Crippen molar-refractivity contribution in [3.05, 3.63) is 88.9 Å². The summed E-state index contributed by atoms with van der Waals surface area (Å²) in [6, 6.07) is 6.88. The van der Waals surface area contributed by atoms with Gasteiger partial charge in [-0.15, -0.1) is 0 Å². The summed E-state index contributed by atoms with van der Waals surface area (Å²) in [7, 11) is 3.48.